The number of hydrogen-bond acceptors (Lipinski definition) is 4. The van der Waals surface area contributed by atoms with E-state index in [1.165, 1.54) is 0 Å². The standard InChI is InChI=1S/C27H32N2O5/c1-3-16(2)24(26(31)32)29-25(30)23(14-17-12-13-17)28-27(33)34-15-22-20-10-6-4-8-18(20)19-9-5-7-11-21(19)22/h4-11,16-17,22-24H,3,12-15H2,1-2H3,(H,28,33)(H,29,30)(H,31,32). The fourth-order valence-electron chi connectivity index (χ4n) is 4.64. The average Bonchev–Trinajstić information content (AvgIpc) is 3.60. The van der Waals surface area contributed by atoms with Gasteiger partial charge in [-0.3, -0.25) is 4.79 Å². The first-order valence-corrected chi connectivity index (χ1v) is 12.0. The van der Waals surface area contributed by atoms with Crippen molar-refractivity contribution in [1.29, 1.82) is 0 Å². The molecule has 2 aromatic carbocycles. The summed E-state index contributed by atoms with van der Waals surface area (Å²) in [6, 6.07) is 14.4. The van der Waals surface area contributed by atoms with Gasteiger partial charge in [-0.25, -0.2) is 9.59 Å². The zero-order valence-corrected chi connectivity index (χ0v) is 19.6. The highest BCUT2D eigenvalue weighted by Gasteiger charge is 2.35. The van der Waals surface area contributed by atoms with Gasteiger partial charge in [0.25, 0.3) is 0 Å². The average molecular weight is 465 g/mol. The summed E-state index contributed by atoms with van der Waals surface area (Å²) in [7, 11) is 0. The molecule has 2 aromatic rings. The molecular formula is C27H32N2O5. The van der Waals surface area contributed by atoms with E-state index in [0.29, 0.717) is 18.8 Å². The minimum atomic E-state index is -1.07. The molecule has 0 heterocycles. The molecule has 3 atom stereocenters. The highest BCUT2D eigenvalue weighted by Crippen LogP contribution is 2.44. The monoisotopic (exact) mass is 464 g/mol. The van der Waals surface area contributed by atoms with E-state index in [9.17, 15) is 19.5 Å². The molecule has 7 heteroatoms. The van der Waals surface area contributed by atoms with E-state index in [4.69, 9.17) is 4.74 Å². The summed E-state index contributed by atoms with van der Waals surface area (Å²) in [6.07, 6.45) is 2.43. The molecule has 3 unspecified atom stereocenters. The highest BCUT2D eigenvalue weighted by atomic mass is 16.5. The summed E-state index contributed by atoms with van der Waals surface area (Å²) in [6.45, 7) is 3.82. The molecule has 1 fully saturated rings. The lowest BCUT2D eigenvalue weighted by Gasteiger charge is -2.24. The van der Waals surface area contributed by atoms with Crippen LogP contribution >= 0.6 is 0 Å². The van der Waals surface area contributed by atoms with E-state index in [2.05, 4.69) is 22.8 Å². The maximum atomic E-state index is 12.9. The lowest BCUT2D eigenvalue weighted by atomic mass is 9.98. The summed E-state index contributed by atoms with van der Waals surface area (Å²) in [5.41, 5.74) is 4.51. The van der Waals surface area contributed by atoms with Gasteiger partial charge in [0.15, 0.2) is 0 Å². The third kappa shape index (κ3) is 5.24. The number of rotatable bonds is 10. The SMILES string of the molecule is CCC(C)C(NC(=O)C(CC1CC1)NC(=O)OCC1c2ccccc2-c2ccccc21)C(=O)O. The quantitative estimate of drug-likeness (QED) is 0.486. The Hall–Kier alpha value is -3.35. The van der Waals surface area contributed by atoms with Crippen LogP contribution in [0.15, 0.2) is 48.5 Å². The number of hydrogen-bond donors (Lipinski definition) is 3. The van der Waals surface area contributed by atoms with Crippen molar-refractivity contribution in [2.75, 3.05) is 6.61 Å². The van der Waals surface area contributed by atoms with Gasteiger partial charge in [0.1, 0.15) is 18.7 Å². The van der Waals surface area contributed by atoms with Gasteiger partial charge >= 0.3 is 12.1 Å². The number of amides is 2. The van der Waals surface area contributed by atoms with Gasteiger partial charge in [0.05, 0.1) is 0 Å². The van der Waals surface area contributed by atoms with Gasteiger partial charge < -0.3 is 20.5 Å². The Labute approximate surface area is 199 Å². The molecule has 1 saturated carbocycles. The molecule has 0 saturated heterocycles. The van der Waals surface area contributed by atoms with Crippen molar-refractivity contribution in [3.05, 3.63) is 59.7 Å². The Morgan fingerprint density at radius 3 is 2.12 bits per heavy atom. The number of benzene rings is 2. The molecular weight excluding hydrogens is 432 g/mol. The molecule has 0 aliphatic heterocycles. The fraction of sp³-hybridized carbons (Fsp3) is 0.444. The predicted molar refractivity (Wildman–Crippen MR) is 128 cm³/mol. The molecule has 0 spiro atoms. The number of fused-ring (bicyclic) bond motifs is 3. The van der Waals surface area contributed by atoms with Crippen LogP contribution in [0, 0.1) is 11.8 Å². The number of carbonyl (C=O) groups excluding carboxylic acids is 2. The van der Waals surface area contributed by atoms with Crippen molar-refractivity contribution >= 4 is 18.0 Å². The first-order valence-electron chi connectivity index (χ1n) is 12.0. The van der Waals surface area contributed by atoms with E-state index in [1.54, 1.807) is 6.92 Å². The third-order valence-electron chi connectivity index (χ3n) is 7.00. The molecule has 34 heavy (non-hydrogen) atoms. The lowest BCUT2D eigenvalue weighted by molar-refractivity contribution is -0.143. The Morgan fingerprint density at radius 1 is 1.00 bits per heavy atom. The van der Waals surface area contributed by atoms with Crippen LogP contribution in [-0.2, 0) is 14.3 Å². The number of carboxylic acid groups (broad SMARTS) is 1. The van der Waals surface area contributed by atoms with Gasteiger partial charge in [-0.2, -0.15) is 0 Å². The second kappa shape index (κ2) is 10.3. The largest absolute Gasteiger partial charge is 0.480 e. The first kappa shape index (κ1) is 23.8. The summed E-state index contributed by atoms with van der Waals surface area (Å²) < 4.78 is 5.60. The van der Waals surface area contributed by atoms with Gasteiger partial charge in [-0.1, -0.05) is 81.6 Å². The predicted octanol–water partition coefficient (Wildman–Crippen LogP) is 4.31. The molecule has 180 valence electrons. The molecule has 0 aromatic heterocycles. The summed E-state index contributed by atoms with van der Waals surface area (Å²) >= 11 is 0. The summed E-state index contributed by atoms with van der Waals surface area (Å²) in [5.74, 6) is -1.49. The fourth-order valence-corrected chi connectivity index (χ4v) is 4.64. The third-order valence-corrected chi connectivity index (χ3v) is 7.00. The van der Waals surface area contributed by atoms with Gasteiger partial charge in [0.2, 0.25) is 5.91 Å². The number of aliphatic carboxylic acids is 1. The van der Waals surface area contributed by atoms with Crippen molar-refractivity contribution in [3.8, 4) is 11.1 Å². The zero-order valence-electron chi connectivity index (χ0n) is 19.6. The van der Waals surface area contributed by atoms with E-state index >= 15 is 0 Å². The molecule has 0 bridgehead atoms. The number of ether oxygens (including phenoxy) is 1. The summed E-state index contributed by atoms with van der Waals surface area (Å²) in [5, 5.41) is 14.8. The smallest absolute Gasteiger partial charge is 0.407 e. The maximum Gasteiger partial charge on any atom is 0.407 e. The van der Waals surface area contributed by atoms with Crippen LogP contribution < -0.4 is 10.6 Å². The molecule has 2 aliphatic carbocycles. The Bertz CT molecular complexity index is 1020. The van der Waals surface area contributed by atoms with Crippen LogP contribution in [0.25, 0.3) is 11.1 Å². The second-order valence-corrected chi connectivity index (χ2v) is 9.41. The van der Waals surface area contributed by atoms with E-state index in [0.717, 1.165) is 35.1 Å². The summed E-state index contributed by atoms with van der Waals surface area (Å²) in [4.78, 5) is 37.3. The zero-order chi connectivity index (χ0) is 24.2. The van der Waals surface area contributed by atoms with Crippen LogP contribution in [0.5, 0.6) is 0 Å². The lowest BCUT2D eigenvalue weighted by Crippen LogP contribution is -2.53. The Kier molecular flexibility index (Phi) is 7.20. The maximum absolute atomic E-state index is 12.9. The molecule has 2 amide bonds. The Balaban J connectivity index is 1.41. The van der Waals surface area contributed by atoms with Crippen LogP contribution in [0.1, 0.15) is 56.6 Å². The van der Waals surface area contributed by atoms with E-state index < -0.39 is 30.1 Å². The van der Waals surface area contributed by atoms with E-state index in [1.807, 2.05) is 43.3 Å². The van der Waals surface area contributed by atoms with Gasteiger partial charge in [0, 0.05) is 5.92 Å². The van der Waals surface area contributed by atoms with Crippen molar-refractivity contribution in [2.24, 2.45) is 11.8 Å². The van der Waals surface area contributed by atoms with Crippen molar-refractivity contribution in [1.82, 2.24) is 10.6 Å². The molecule has 2 aliphatic rings. The number of carboxylic acids is 1. The van der Waals surface area contributed by atoms with Crippen molar-refractivity contribution in [2.45, 2.75) is 57.5 Å². The molecule has 7 nitrogen and oxygen atoms in total. The molecule has 4 rings (SSSR count). The normalized spacial score (nSPS) is 17.1. The van der Waals surface area contributed by atoms with Crippen LogP contribution in [-0.4, -0.2) is 41.8 Å². The topological polar surface area (TPSA) is 105 Å². The van der Waals surface area contributed by atoms with Crippen molar-refractivity contribution < 1.29 is 24.2 Å². The van der Waals surface area contributed by atoms with Crippen LogP contribution in [0.4, 0.5) is 4.79 Å². The van der Waals surface area contributed by atoms with Crippen molar-refractivity contribution in [3.63, 3.8) is 0 Å². The minimum absolute atomic E-state index is 0.0735. The van der Waals surface area contributed by atoms with Gasteiger partial charge in [-0.15, -0.1) is 0 Å². The van der Waals surface area contributed by atoms with Crippen LogP contribution in [0.3, 0.4) is 0 Å². The molecule has 0 radical (unpaired) electrons. The van der Waals surface area contributed by atoms with Crippen LogP contribution in [0.2, 0.25) is 0 Å². The highest BCUT2D eigenvalue weighted by molar-refractivity contribution is 5.89. The molecule has 3 N–H and O–H groups in total. The van der Waals surface area contributed by atoms with Gasteiger partial charge in [-0.05, 0) is 40.5 Å². The minimum Gasteiger partial charge on any atom is -0.480 e. The number of carbonyl (C=O) groups is 3. The van der Waals surface area contributed by atoms with E-state index in [-0.39, 0.29) is 18.4 Å². The second-order valence-electron chi connectivity index (χ2n) is 9.41. The number of alkyl carbamates (subject to hydrolysis) is 1. The first-order chi connectivity index (χ1) is 16.4. The number of nitrogens with one attached hydrogen (secondary N) is 2. The Morgan fingerprint density at radius 2 is 1.59 bits per heavy atom.